The number of hydrogen-bond acceptors (Lipinski definition) is 4. The molecule has 3 rings (SSSR count). The highest BCUT2D eigenvalue weighted by Crippen LogP contribution is 2.51. The van der Waals surface area contributed by atoms with E-state index in [1.54, 1.807) is 30.3 Å². The molecule has 0 radical (unpaired) electrons. The fraction of sp³-hybridized carbons (Fsp3) is 0. The van der Waals surface area contributed by atoms with Crippen LogP contribution >= 0.6 is 0 Å². The molecular weight excluding hydrogens is 256 g/mol. The Bertz CT molecular complexity index is 795. The first kappa shape index (κ1) is 12.2. The van der Waals surface area contributed by atoms with Gasteiger partial charge in [0.05, 0.1) is 10.9 Å². The second-order valence-corrected chi connectivity index (χ2v) is 4.49. The monoisotopic (exact) mass is 268 g/mol. The Morgan fingerprint density at radius 3 is 2.00 bits per heavy atom. The van der Waals surface area contributed by atoms with Gasteiger partial charge in [0.2, 0.25) is 0 Å². The van der Waals surface area contributed by atoms with Gasteiger partial charge in [-0.25, -0.2) is 0 Å². The molecule has 0 aliphatic carbocycles. The first-order chi connectivity index (χ1) is 9.61. The molecule has 0 bridgehead atoms. The van der Waals surface area contributed by atoms with E-state index >= 15 is 0 Å². The molecule has 0 saturated carbocycles. The van der Waals surface area contributed by atoms with Gasteiger partial charge >= 0.3 is 0 Å². The van der Waals surface area contributed by atoms with Crippen LogP contribution in [-0.4, -0.2) is 20.4 Å². The van der Waals surface area contributed by atoms with Crippen LogP contribution in [0.1, 0.15) is 0 Å². The molecule has 3 aromatic carbocycles. The molecule has 4 N–H and O–H groups in total. The Morgan fingerprint density at radius 2 is 1.30 bits per heavy atom. The number of phenols is 4. The molecule has 100 valence electrons. The lowest BCUT2D eigenvalue weighted by Gasteiger charge is -2.13. The van der Waals surface area contributed by atoms with Gasteiger partial charge in [-0.15, -0.1) is 0 Å². The Morgan fingerprint density at radius 1 is 0.600 bits per heavy atom. The molecular formula is C16H12O4. The minimum absolute atomic E-state index is 0.0945. The maximum absolute atomic E-state index is 10.4. The molecule has 4 nitrogen and oxygen atoms in total. The molecule has 0 amide bonds. The predicted molar refractivity (Wildman–Crippen MR) is 76.0 cm³/mol. The summed E-state index contributed by atoms with van der Waals surface area (Å²) in [5.41, 5.74) is 0.639. The van der Waals surface area contributed by atoms with Gasteiger partial charge in [-0.1, -0.05) is 42.5 Å². The van der Waals surface area contributed by atoms with Gasteiger partial charge in [-0.05, 0) is 11.6 Å². The number of rotatable bonds is 1. The highest BCUT2D eigenvalue weighted by atomic mass is 16.3. The third-order valence-corrected chi connectivity index (χ3v) is 3.29. The van der Waals surface area contributed by atoms with Gasteiger partial charge in [0.15, 0.2) is 11.5 Å². The van der Waals surface area contributed by atoms with Crippen molar-refractivity contribution < 1.29 is 20.4 Å². The van der Waals surface area contributed by atoms with E-state index in [1.807, 2.05) is 0 Å². The number of fused-ring (bicyclic) bond motifs is 1. The van der Waals surface area contributed by atoms with Crippen LogP contribution in [0, 0.1) is 0 Å². The summed E-state index contributed by atoms with van der Waals surface area (Å²) in [4.78, 5) is 0. The Kier molecular flexibility index (Phi) is 2.64. The second kappa shape index (κ2) is 4.35. The molecule has 0 saturated heterocycles. The summed E-state index contributed by atoms with van der Waals surface area (Å²) in [6, 6.07) is 13.1. The van der Waals surface area contributed by atoms with Crippen LogP contribution in [0.3, 0.4) is 0 Å². The third-order valence-electron chi connectivity index (χ3n) is 3.29. The van der Waals surface area contributed by atoms with E-state index in [0.29, 0.717) is 5.56 Å². The molecule has 20 heavy (non-hydrogen) atoms. The fourth-order valence-electron chi connectivity index (χ4n) is 2.35. The van der Waals surface area contributed by atoms with E-state index in [4.69, 9.17) is 0 Å². The molecule has 0 aliphatic heterocycles. The molecule has 0 unspecified atom stereocenters. The number of hydrogen-bond donors (Lipinski definition) is 4. The van der Waals surface area contributed by atoms with Crippen molar-refractivity contribution in [1.82, 2.24) is 0 Å². The van der Waals surface area contributed by atoms with Crippen molar-refractivity contribution in [1.29, 1.82) is 0 Å². The SMILES string of the molecule is Oc1c(-c2ccccc2)c(O)c2c(O)cccc2c1O. The van der Waals surface area contributed by atoms with E-state index in [9.17, 15) is 20.4 Å². The van der Waals surface area contributed by atoms with Crippen molar-refractivity contribution in [2.45, 2.75) is 0 Å². The molecule has 3 aromatic rings. The zero-order chi connectivity index (χ0) is 14.3. The molecule has 4 heteroatoms. The van der Waals surface area contributed by atoms with E-state index in [2.05, 4.69) is 0 Å². The van der Waals surface area contributed by atoms with Crippen LogP contribution in [0.25, 0.3) is 21.9 Å². The summed E-state index contributed by atoms with van der Waals surface area (Å²) >= 11 is 0. The van der Waals surface area contributed by atoms with E-state index in [1.165, 1.54) is 18.2 Å². The van der Waals surface area contributed by atoms with Crippen molar-refractivity contribution in [3.63, 3.8) is 0 Å². The summed E-state index contributed by atoms with van der Waals surface area (Å²) in [5.74, 6) is -1.20. The Balaban J connectivity index is 2.48. The van der Waals surface area contributed by atoms with Crippen LogP contribution in [0.4, 0.5) is 0 Å². The van der Waals surface area contributed by atoms with Gasteiger partial charge in [-0.3, -0.25) is 0 Å². The van der Waals surface area contributed by atoms with Gasteiger partial charge in [0.25, 0.3) is 0 Å². The first-order valence-electron chi connectivity index (χ1n) is 6.05. The van der Waals surface area contributed by atoms with Crippen LogP contribution in [-0.2, 0) is 0 Å². The first-order valence-corrected chi connectivity index (χ1v) is 6.05. The van der Waals surface area contributed by atoms with E-state index in [0.717, 1.165) is 0 Å². The van der Waals surface area contributed by atoms with Gasteiger partial charge in [0.1, 0.15) is 11.5 Å². The van der Waals surface area contributed by atoms with E-state index in [-0.39, 0.29) is 33.6 Å². The van der Waals surface area contributed by atoms with Crippen molar-refractivity contribution in [3.8, 4) is 34.1 Å². The van der Waals surface area contributed by atoms with Crippen molar-refractivity contribution >= 4 is 10.8 Å². The predicted octanol–water partition coefficient (Wildman–Crippen LogP) is 3.33. The summed E-state index contributed by atoms with van der Waals surface area (Å²) in [6.07, 6.45) is 0. The number of phenolic OH excluding ortho intramolecular Hbond substituents is 4. The number of benzene rings is 3. The minimum Gasteiger partial charge on any atom is -0.507 e. The summed E-state index contributed by atoms with van der Waals surface area (Å²) in [5, 5.41) is 40.8. The minimum atomic E-state index is -0.410. The number of aromatic hydroxyl groups is 4. The van der Waals surface area contributed by atoms with Crippen LogP contribution in [0.2, 0.25) is 0 Å². The summed E-state index contributed by atoms with van der Waals surface area (Å²) < 4.78 is 0. The average Bonchev–Trinajstić information content (AvgIpc) is 2.46. The fourth-order valence-corrected chi connectivity index (χ4v) is 2.35. The summed E-state index contributed by atoms with van der Waals surface area (Å²) in [7, 11) is 0. The van der Waals surface area contributed by atoms with Crippen molar-refractivity contribution in [3.05, 3.63) is 48.5 Å². The molecule has 0 aliphatic rings. The highest BCUT2D eigenvalue weighted by Gasteiger charge is 2.21. The molecule has 0 aromatic heterocycles. The molecule has 0 heterocycles. The quantitative estimate of drug-likeness (QED) is 0.403. The highest BCUT2D eigenvalue weighted by molar-refractivity contribution is 6.05. The lowest BCUT2D eigenvalue weighted by molar-refractivity contribution is 0.403. The largest absolute Gasteiger partial charge is 0.507 e. The van der Waals surface area contributed by atoms with Gasteiger partial charge < -0.3 is 20.4 Å². The Labute approximate surface area is 114 Å². The second-order valence-electron chi connectivity index (χ2n) is 4.49. The van der Waals surface area contributed by atoms with Gasteiger partial charge in [0, 0.05) is 5.39 Å². The molecule has 0 fully saturated rings. The lowest BCUT2D eigenvalue weighted by atomic mass is 9.97. The zero-order valence-electron chi connectivity index (χ0n) is 10.4. The summed E-state index contributed by atoms with van der Waals surface area (Å²) in [6.45, 7) is 0. The van der Waals surface area contributed by atoms with Crippen molar-refractivity contribution in [2.24, 2.45) is 0 Å². The average molecular weight is 268 g/mol. The maximum Gasteiger partial charge on any atom is 0.169 e. The lowest BCUT2D eigenvalue weighted by Crippen LogP contribution is -1.85. The normalized spacial score (nSPS) is 10.8. The molecule has 0 spiro atoms. The zero-order valence-corrected chi connectivity index (χ0v) is 10.4. The van der Waals surface area contributed by atoms with Gasteiger partial charge in [-0.2, -0.15) is 0 Å². The topological polar surface area (TPSA) is 80.9 Å². The maximum atomic E-state index is 10.4. The Hall–Kier alpha value is -2.88. The van der Waals surface area contributed by atoms with Crippen molar-refractivity contribution in [2.75, 3.05) is 0 Å². The van der Waals surface area contributed by atoms with Crippen LogP contribution < -0.4 is 0 Å². The van der Waals surface area contributed by atoms with Crippen LogP contribution in [0.15, 0.2) is 48.5 Å². The third kappa shape index (κ3) is 1.62. The van der Waals surface area contributed by atoms with E-state index < -0.39 is 5.75 Å². The smallest absolute Gasteiger partial charge is 0.169 e. The van der Waals surface area contributed by atoms with Crippen LogP contribution in [0.5, 0.6) is 23.0 Å². The standard InChI is InChI=1S/C16H12O4/c17-11-8-4-7-10-13(11)15(19)12(16(20)14(10)18)9-5-2-1-3-6-9/h1-8,17-20H. The molecule has 0 atom stereocenters.